The highest BCUT2D eigenvalue weighted by atomic mass is 16.5. The second-order valence-electron chi connectivity index (χ2n) is 3.52. The van der Waals surface area contributed by atoms with Crippen molar-refractivity contribution in [3.8, 4) is 0 Å². The Hall–Kier alpha value is -0.540. The third-order valence-electron chi connectivity index (χ3n) is 2.50. The molecule has 0 spiro atoms. The first-order valence-corrected chi connectivity index (χ1v) is 4.90. The molecule has 1 aliphatic rings. The third-order valence-corrected chi connectivity index (χ3v) is 2.50. The Bertz CT molecular complexity index is 180. The van der Waals surface area contributed by atoms with Crippen LogP contribution in [0, 0.1) is 0 Å². The average molecular weight is 184 g/mol. The van der Waals surface area contributed by atoms with Gasteiger partial charge in [0.25, 0.3) is 0 Å². The molecule has 0 bridgehead atoms. The lowest BCUT2D eigenvalue weighted by Crippen LogP contribution is -2.47. The fraction of sp³-hybridized carbons (Fsp3) is 0.800. The molecule has 1 saturated heterocycles. The second kappa shape index (κ2) is 5.25. The zero-order chi connectivity index (χ0) is 9.68. The van der Waals surface area contributed by atoms with E-state index in [0.717, 1.165) is 26.2 Å². The van der Waals surface area contributed by atoms with Crippen LogP contribution >= 0.6 is 0 Å². The molecule has 1 rings (SSSR count). The quantitative estimate of drug-likeness (QED) is 0.703. The Labute approximate surface area is 80.8 Å². The van der Waals surface area contributed by atoms with Crippen molar-refractivity contribution in [3.05, 3.63) is 11.8 Å². The number of hydrogen-bond donors (Lipinski definition) is 1. The molecule has 13 heavy (non-hydrogen) atoms. The second-order valence-corrected chi connectivity index (χ2v) is 3.52. The lowest BCUT2D eigenvalue weighted by Gasteiger charge is -2.34. The Morgan fingerprint density at radius 1 is 1.69 bits per heavy atom. The van der Waals surface area contributed by atoms with Gasteiger partial charge in [-0.25, -0.2) is 0 Å². The maximum atomic E-state index is 5.14. The highest BCUT2D eigenvalue weighted by Gasteiger charge is 2.17. The standard InChI is InChI=1S/C10H20N2O/c1-4-10-7-12(6-5-11-10)9(2)8-13-3/h4,9,11H,5-8H2,1-3H3/b10-4-. The summed E-state index contributed by atoms with van der Waals surface area (Å²) in [5.74, 6) is 0. The molecule has 0 aromatic rings. The first-order chi connectivity index (χ1) is 6.27. The predicted molar refractivity (Wildman–Crippen MR) is 54.7 cm³/mol. The van der Waals surface area contributed by atoms with Crippen LogP contribution < -0.4 is 5.32 Å². The highest BCUT2D eigenvalue weighted by molar-refractivity contribution is 5.04. The van der Waals surface area contributed by atoms with Crippen LogP contribution in [0.5, 0.6) is 0 Å². The minimum Gasteiger partial charge on any atom is -0.386 e. The van der Waals surface area contributed by atoms with Gasteiger partial charge in [0.05, 0.1) is 6.61 Å². The summed E-state index contributed by atoms with van der Waals surface area (Å²) in [7, 11) is 1.76. The van der Waals surface area contributed by atoms with Crippen LogP contribution in [0.25, 0.3) is 0 Å². The third kappa shape index (κ3) is 3.01. The van der Waals surface area contributed by atoms with E-state index in [4.69, 9.17) is 4.74 Å². The number of rotatable bonds is 3. The topological polar surface area (TPSA) is 24.5 Å². The van der Waals surface area contributed by atoms with Gasteiger partial charge in [-0.15, -0.1) is 0 Å². The molecule has 1 N–H and O–H groups in total. The summed E-state index contributed by atoms with van der Waals surface area (Å²) in [5.41, 5.74) is 1.33. The number of nitrogens with one attached hydrogen (secondary N) is 1. The number of ether oxygens (including phenoxy) is 1. The summed E-state index contributed by atoms with van der Waals surface area (Å²) in [6.45, 7) is 8.29. The van der Waals surface area contributed by atoms with E-state index in [-0.39, 0.29) is 0 Å². The molecular weight excluding hydrogens is 164 g/mol. The molecule has 0 amide bonds. The van der Waals surface area contributed by atoms with E-state index in [1.807, 2.05) is 0 Å². The van der Waals surface area contributed by atoms with Gasteiger partial charge in [0.2, 0.25) is 0 Å². The van der Waals surface area contributed by atoms with Gasteiger partial charge < -0.3 is 10.1 Å². The van der Waals surface area contributed by atoms with Crippen LogP contribution in [0.1, 0.15) is 13.8 Å². The van der Waals surface area contributed by atoms with Crippen LogP contribution in [0.4, 0.5) is 0 Å². The molecular formula is C10H20N2O. The van der Waals surface area contributed by atoms with Crippen LogP contribution in [0.15, 0.2) is 11.8 Å². The van der Waals surface area contributed by atoms with E-state index >= 15 is 0 Å². The van der Waals surface area contributed by atoms with Gasteiger partial charge in [0, 0.05) is 38.5 Å². The zero-order valence-electron chi connectivity index (χ0n) is 8.84. The van der Waals surface area contributed by atoms with Gasteiger partial charge in [-0.2, -0.15) is 0 Å². The van der Waals surface area contributed by atoms with Crippen LogP contribution in [0.2, 0.25) is 0 Å². The van der Waals surface area contributed by atoms with Crippen molar-refractivity contribution in [2.75, 3.05) is 33.4 Å². The van der Waals surface area contributed by atoms with Gasteiger partial charge in [0.15, 0.2) is 0 Å². The summed E-state index contributed by atoms with van der Waals surface area (Å²) < 4.78 is 5.14. The summed E-state index contributed by atoms with van der Waals surface area (Å²) in [6.07, 6.45) is 2.14. The number of methoxy groups -OCH3 is 1. The number of hydrogen-bond acceptors (Lipinski definition) is 3. The molecule has 76 valence electrons. The van der Waals surface area contributed by atoms with E-state index in [9.17, 15) is 0 Å². The largest absolute Gasteiger partial charge is 0.386 e. The van der Waals surface area contributed by atoms with Crippen LogP contribution in [-0.2, 0) is 4.74 Å². The number of piperazine rings is 1. The molecule has 0 aromatic carbocycles. The van der Waals surface area contributed by atoms with E-state index in [0.29, 0.717) is 6.04 Å². The fourth-order valence-electron chi connectivity index (χ4n) is 1.63. The Morgan fingerprint density at radius 3 is 3.08 bits per heavy atom. The molecule has 0 radical (unpaired) electrons. The summed E-state index contributed by atoms with van der Waals surface area (Å²) in [5, 5.41) is 3.37. The molecule has 1 atom stereocenters. The smallest absolute Gasteiger partial charge is 0.0615 e. The Morgan fingerprint density at radius 2 is 2.46 bits per heavy atom. The van der Waals surface area contributed by atoms with Gasteiger partial charge in [-0.1, -0.05) is 6.08 Å². The summed E-state index contributed by atoms with van der Waals surface area (Å²) in [4.78, 5) is 2.44. The molecule has 0 aliphatic carbocycles. The van der Waals surface area contributed by atoms with Gasteiger partial charge in [-0.3, -0.25) is 4.90 Å². The van der Waals surface area contributed by atoms with Crippen molar-refractivity contribution in [3.63, 3.8) is 0 Å². The highest BCUT2D eigenvalue weighted by Crippen LogP contribution is 2.06. The van der Waals surface area contributed by atoms with E-state index < -0.39 is 0 Å². The maximum Gasteiger partial charge on any atom is 0.0615 e. The molecule has 1 heterocycles. The Kier molecular flexibility index (Phi) is 4.25. The number of allylic oxidation sites excluding steroid dienone is 1. The molecule has 1 unspecified atom stereocenters. The molecule has 0 saturated carbocycles. The summed E-state index contributed by atoms with van der Waals surface area (Å²) >= 11 is 0. The van der Waals surface area contributed by atoms with E-state index in [1.165, 1.54) is 5.70 Å². The SMILES string of the molecule is C/C=C1/CN(C(C)COC)CCN1. The fourth-order valence-corrected chi connectivity index (χ4v) is 1.63. The van der Waals surface area contributed by atoms with Crippen molar-refractivity contribution in [2.24, 2.45) is 0 Å². The van der Waals surface area contributed by atoms with Gasteiger partial charge in [0.1, 0.15) is 0 Å². The Balaban J connectivity index is 2.41. The first kappa shape index (κ1) is 10.5. The summed E-state index contributed by atoms with van der Waals surface area (Å²) in [6, 6.07) is 0.516. The van der Waals surface area contributed by atoms with Crippen molar-refractivity contribution in [1.82, 2.24) is 10.2 Å². The van der Waals surface area contributed by atoms with Crippen molar-refractivity contribution < 1.29 is 4.74 Å². The van der Waals surface area contributed by atoms with Gasteiger partial charge >= 0.3 is 0 Å². The monoisotopic (exact) mass is 184 g/mol. The van der Waals surface area contributed by atoms with Crippen LogP contribution in [-0.4, -0.2) is 44.3 Å². The molecule has 3 heteroatoms. The number of nitrogens with zero attached hydrogens (tertiary/aromatic N) is 1. The lowest BCUT2D eigenvalue weighted by molar-refractivity contribution is 0.0983. The van der Waals surface area contributed by atoms with Crippen LogP contribution in [0.3, 0.4) is 0 Å². The van der Waals surface area contributed by atoms with Crippen molar-refractivity contribution >= 4 is 0 Å². The molecule has 1 fully saturated rings. The van der Waals surface area contributed by atoms with Crippen molar-refractivity contribution in [2.45, 2.75) is 19.9 Å². The minimum absolute atomic E-state index is 0.516. The normalized spacial score (nSPS) is 24.4. The molecule has 0 aromatic heterocycles. The molecule has 3 nitrogen and oxygen atoms in total. The minimum atomic E-state index is 0.516. The predicted octanol–water partition coefficient (Wildman–Crippen LogP) is 0.830. The zero-order valence-corrected chi connectivity index (χ0v) is 8.84. The maximum absolute atomic E-state index is 5.14. The molecule has 1 aliphatic heterocycles. The lowest BCUT2D eigenvalue weighted by atomic mass is 10.2. The van der Waals surface area contributed by atoms with Gasteiger partial charge in [-0.05, 0) is 13.8 Å². The van der Waals surface area contributed by atoms with E-state index in [2.05, 4.69) is 30.1 Å². The average Bonchev–Trinajstić information content (AvgIpc) is 2.18. The first-order valence-electron chi connectivity index (χ1n) is 4.90. The van der Waals surface area contributed by atoms with Crippen molar-refractivity contribution in [1.29, 1.82) is 0 Å². The van der Waals surface area contributed by atoms with E-state index in [1.54, 1.807) is 7.11 Å².